The number of esters is 1. The van der Waals surface area contributed by atoms with Crippen molar-refractivity contribution >= 4 is 5.97 Å². The monoisotopic (exact) mass is 199 g/mol. The van der Waals surface area contributed by atoms with E-state index in [1.165, 1.54) is 25.7 Å². The summed E-state index contributed by atoms with van der Waals surface area (Å²) in [6.07, 6.45) is 7.83. The number of carbonyl (C=O) groups excluding carboxylic acids is 1. The molecule has 0 aromatic heterocycles. The Morgan fingerprint density at radius 3 is 2.50 bits per heavy atom. The molecule has 0 saturated heterocycles. The average molecular weight is 199 g/mol. The Morgan fingerprint density at radius 2 is 1.93 bits per heavy atom. The molecule has 0 amide bonds. The Bertz CT molecular complexity index is 163. The van der Waals surface area contributed by atoms with E-state index in [1.54, 1.807) is 0 Å². The highest BCUT2D eigenvalue weighted by Crippen LogP contribution is 2.19. The van der Waals surface area contributed by atoms with Gasteiger partial charge in [0, 0.05) is 6.54 Å². The Kier molecular flexibility index (Phi) is 5.60. The summed E-state index contributed by atoms with van der Waals surface area (Å²) in [6, 6.07) is 0. The molecule has 1 aliphatic carbocycles. The summed E-state index contributed by atoms with van der Waals surface area (Å²) < 4.78 is 5.39. The number of hydrogen-bond donors (Lipinski definition) is 1. The normalized spacial score (nSPS) is 18.9. The highest BCUT2D eigenvalue weighted by molar-refractivity contribution is 5.69. The zero-order valence-electron chi connectivity index (χ0n) is 9.05. The van der Waals surface area contributed by atoms with Gasteiger partial charge < -0.3 is 10.1 Å². The van der Waals surface area contributed by atoms with E-state index in [1.807, 2.05) is 7.05 Å². The summed E-state index contributed by atoms with van der Waals surface area (Å²) in [5, 5.41) is 2.95. The van der Waals surface area contributed by atoms with Crippen molar-refractivity contribution in [3.63, 3.8) is 0 Å². The van der Waals surface area contributed by atoms with Crippen molar-refractivity contribution in [3.05, 3.63) is 0 Å². The maximum atomic E-state index is 11.3. The van der Waals surface area contributed by atoms with Gasteiger partial charge in [0.15, 0.2) is 0 Å². The van der Waals surface area contributed by atoms with Crippen LogP contribution in [0.25, 0.3) is 0 Å². The molecule has 3 nitrogen and oxygen atoms in total. The quantitative estimate of drug-likeness (QED) is 0.555. The molecule has 14 heavy (non-hydrogen) atoms. The van der Waals surface area contributed by atoms with Crippen molar-refractivity contribution < 1.29 is 9.53 Å². The van der Waals surface area contributed by atoms with Gasteiger partial charge in [-0.2, -0.15) is 0 Å². The van der Waals surface area contributed by atoms with E-state index >= 15 is 0 Å². The molecule has 0 aliphatic heterocycles. The highest BCUT2D eigenvalue weighted by atomic mass is 16.5. The van der Waals surface area contributed by atoms with Crippen molar-refractivity contribution in [2.24, 2.45) is 0 Å². The van der Waals surface area contributed by atoms with Crippen molar-refractivity contribution in [1.82, 2.24) is 5.32 Å². The van der Waals surface area contributed by atoms with Crippen molar-refractivity contribution in [1.29, 1.82) is 0 Å². The van der Waals surface area contributed by atoms with Gasteiger partial charge in [0.25, 0.3) is 0 Å². The number of nitrogens with one attached hydrogen (secondary N) is 1. The first-order valence-electron chi connectivity index (χ1n) is 5.67. The first-order valence-corrected chi connectivity index (χ1v) is 5.67. The van der Waals surface area contributed by atoms with Gasteiger partial charge in [-0.25, -0.2) is 0 Å². The third kappa shape index (κ3) is 4.61. The SMILES string of the molecule is CNCCC(=O)OC1CCCCCC1. The summed E-state index contributed by atoms with van der Waals surface area (Å²) in [5.41, 5.74) is 0. The van der Waals surface area contributed by atoms with Crippen LogP contribution in [0.5, 0.6) is 0 Å². The van der Waals surface area contributed by atoms with Crippen LogP contribution >= 0.6 is 0 Å². The molecule has 1 saturated carbocycles. The Labute approximate surface area is 86.2 Å². The van der Waals surface area contributed by atoms with Gasteiger partial charge in [0.2, 0.25) is 0 Å². The molecule has 1 N–H and O–H groups in total. The minimum Gasteiger partial charge on any atom is -0.462 e. The third-order valence-corrected chi connectivity index (χ3v) is 2.68. The van der Waals surface area contributed by atoms with Crippen LogP contribution in [0, 0.1) is 0 Å². The zero-order valence-corrected chi connectivity index (χ0v) is 9.05. The zero-order chi connectivity index (χ0) is 10.2. The lowest BCUT2D eigenvalue weighted by atomic mass is 10.1. The van der Waals surface area contributed by atoms with Crippen LogP contribution in [-0.2, 0) is 9.53 Å². The Morgan fingerprint density at radius 1 is 1.29 bits per heavy atom. The maximum absolute atomic E-state index is 11.3. The minimum atomic E-state index is -0.0498. The van der Waals surface area contributed by atoms with Gasteiger partial charge in [-0.05, 0) is 32.7 Å². The molecule has 0 heterocycles. The van der Waals surface area contributed by atoms with Gasteiger partial charge in [-0.1, -0.05) is 12.8 Å². The van der Waals surface area contributed by atoms with E-state index in [4.69, 9.17) is 4.74 Å². The second-order valence-corrected chi connectivity index (χ2v) is 3.96. The second-order valence-electron chi connectivity index (χ2n) is 3.96. The molecule has 82 valence electrons. The fourth-order valence-corrected chi connectivity index (χ4v) is 1.83. The molecule has 1 aliphatic rings. The topological polar surface area (TPSA) is 38.3 Å². The van der Waals surface area contributed by atoms with Crippen LogP contribution in [0.1, 0.15) is 44.9 Å². The average Bonchev–Trinajstić information content (AvgIpc) is 2.43. The van der Waals surface area contributed by atoms with Gasteiger partial charge in [-0.15, -0.1) is 0 Å². The predicted octanol–water partition coefficient (Wildman–Crippen LogP) is 1.86. The first-order chi connectivity index (χ1) is 6.83. The predicted molar refractivity (Wildman–Crippen MR) is 56.1 cm³/mol. The molecule has 3 heteroatoms. The fourth-order valence-electron chi connectivity index (χ4n) is 1.83. The van der Waals surface area contributed by atoms with Gasteiger partial charge >= 0.3 is 5.97 Å². The fraction of sp³-hybridized carbons (Fsp3) is 0.909. The Hall–Kier alpha value is -0.570. The first kappa shape index (κ1) is 11.5. The highest BCUT2D eigenvalue weighted by Gasteiger charge is 2.15. The minimum absolute atomic E-state index is 0.0498. The number of hydrogen-bond acceptors (Lipinski definition) is 3. The summed E-state index contributed by atoms with van der Waals surface area (Å²) in [4.78, 5) is 11.3. The Balaban J connectivity index is 2.17. The van der Waals surface area contributed by atoms with E-state index in [-0.39, 0.29) is 12.1 Å². The largest absolute Gasteiger partial charge is 0.462 e. The van der Waals surface area contributed by atoms with Gasteiger partial charge in [-0.3, -0.25) is 4.79 Å². The lowest BCUT2D eigenvalue weighted by Crippen LogP contribution is -2.21. The molecule has 0 unspecified atom stereocenters. The van der Waals surface area contributed by atoms with E-state index in [2.05, 4.69) is 5.32 Å². The van der Waals surface area contributed by atoms with Crippen LogP contribution < -0.4 is 5.32 Å². The lowest BCUT2D eigenvalue weighted by molar-refractivity contribution is -0.149. The van der Waals surface area contributed by atoms with Crippen LogP contribution in [0.15, 0.2) is 0 Å². The van der Waals surface area contributed by atoms with Crippen molar-refractivity contribution in [2.45, 2.75) is 51.0 Å². The molecule has 0 aromatic rings. The van der Waals surface area contributed by atoms with E-state index in [9.17, 15) is 4.79 Å². The number of rotatable bonds is 4. The molecule has 0 bridgehead atoms. The van der Waals surface area contributed by atoms with E-state index < -0.39 is 0 Å². The van der Waals surface area contributed by atoms with E-state index in [0.717, 1.165) is 12.8 Å². The summed E-state index contributed by atoms with van der Waals surface area (Å²) in [6.45, 7) is 0.714. The summed E-state index contributed by atoms with van der Waals surface area (Å²) in [7, 11) is 1.85. The van der Waals surface area contributed by atoms with Crippen LogP contribution in [0.3, 0.4) is 0 Å². The third-order valence-electron chi connectivity index (χ3n) is 2.68. The summed E-state index contributed by atoms with van der Waals surface area (Å²) in [5.74, 6) is -0.0498. The number of carbonyl (C=O) groups is 1. The molecule has 1 rings (SSSR count). The maximum Gasteiger partial charge on any atom is 0.307 e. The van der Waals surface area contributed by atoms with Gasteiger partial charge in [0.1, 0.15) is 6.10 Å². The molecular formula is C11H21NO2. The smallest absolute Gasteiger partial charge is 0.307 e. The molecule has 0 spiro atoms. The van der Waals surface area contributed by atoms with E-state index in [0.29, 0.717) is 13.0 Å². The van der Waals surface area contributed by atoms with Crippen LogP contribution in [-0.4, -0.2) is 25.7 Å². The van der Waals surface area contributed by atoms with Crippen molar-refractivity contribution in [2.75, 3.05) is 13.6 Å². The second kappa shape index (κ2) is 6.82. The lowest BCUT2D eigenvalue weighted by Gasteiger charge is -2.15. The van der Waals surface area contributed by atoms with Crippen LogP contribution in [0.2, 0.25) is 0 Å². The molecular weight excluding hydrogens is 178 g/mol. The van der Waals surface area contributed by atoms with Crippen LogP contribution in [0.4, 0.5) is 0 Å². The van der Waals surface area contributed by atoms with Gasteiger partial charge in [0.05, 0.1) is 6.42 Å². The summed E-state index contributed by atoms with van der Waals surface area (Å²) >= 11 is 0. The molecule has 1 fully saturated rings. The number of ether oxygens (including phenoxy) is 1. The molecule has 0 radical (unpaired) electrons. The van der Waals surface area contributed by atoms with Crippen molar-refractivity contribution in [3.8, 4) is 0 Å². The standard InChI is InChI=1S/C11H21NO2/c1-12-9-8-11(13)14-10-6-4-2-3-5-7-10/h10,12H,2-9H2,1H3. The molecule has 0 aromatic carbocycles. The molecule has 0 atom stereocenters.